The fraction of sp³-hybridized carbons (Fsp3) is 0.345. The maximum absolute atomic E-state index is 11.5. The molecule has 1 atom stereocenters. The van der Waals surface area contributed by atoms with Crippen molar-refractivity contribution >= 4 is 52.0 Å². The number of allylic oxidation sites excluding steroid dienone is 1. The molecule has 0 bridgehead atoms. The first kappa shape index (κ1) is 31.3. The molecule has 1 amide bonds. The van der Waals surface area contributed by atoms with Crippen molar-refractivity contribution in [2.75, 3.05) is 24.5 Å². The predicted octanol–water partition coefficient (Wildman–Crippen LogP) is 7.23. The highest BCUT2D eigenvalue weighted by Gasteiger charge is 2.33. The van der Waals surface area contributed by atoms with E-state index in [1.54, 1.807) is 29.5 Å². The molecule has 1 saturated heterocycles. The molecule has 4 rings (SSSR count). The third-order valence-electron chi connectivity index (χ3n) is 5.53. The zero-order valence-corrected chi connectivity index (χ0v) is 24.6. The number of carboxylic acids is 1. The van der Waals surface area contributed by atoms with E-state index in [-0.39, 0.29) is 6.54 Å². The van der Waals surface area contributed by atoms with E-state index in [0.717, 1.165) is 27.7 Å². The monoisotopic (exact) mass is 575 g/mol. The molecule has 3 aromatic rings. The number of thiazole rings is 1. The Labute approximate surface area is 239 Å². The average Bonchev–Trinajstić information content (AvgIpc) is 3.29. The van der Waals surface area contributed by atoms with E-state index in [4.69, 9.17) is 28.2 Å². The van der Waals surface area contributed by atoms with Gasteiger partial charge in [-0.2, -0.15) is 0 Å². The second kappa shape index (κ2) is 15.5. The SMILES string of the molecule is C=CC.CC(C)Cc1sc(N2CCN(C=O)C(C(=O)O)C2)nc1-c1ccc(Cl)c(Cl)c1.Cc1ccccc1. The zero-order valence-electron chi connectivity index (χ0n) is 22.2. The minimum absolute atomic E-state index is 0.212. The Balaban J connectivity index is 0.000000427. The van der Waals surface area contributed by atoms with Crippen LogP contribution in [-0.2, 0) is 16.0 Å². The van der Waals surface area contributed by atoms with E-state index in [1.807, 2.05) is 36.1 Å². The van der Waals surface area contributed by atoms with Crippen molar-refractivity contribution in [1.82, 2.24) is 9.88 Å². The number of benzene rings is 2. The van der Waals surface area contributed by atoms with Crippen LogP contribution in [-0.4, -0.2) is 53.0 Å². The quantitative estimate of drug-likeness (QED) is 0.248. The molecule has 1 aromatic heterocycles. The van der Waals surface area contributed by atoms with Crippen LogP contribution in [0.25, 0.3) is 11.3 Å². The van der Waals surface area contributed by atoms with E-state index in [2.05, 4.69) is 39.5 Å². The molecule has 1 fully saturated rings. The van der Waals surface area contributed by atoms with Gasteiger partial charge < -0.3 is 14.9 Å². The summed E-state index contributed by atoms with van der Waals surface area (Å²) in [7, 11) is 0. The van der Waals surface area contributed by atoms with Crippen LogP contribution in [0.5, 0.6) is 0 Å². The standard InChI is InChI=1S/C19H21Cl2N3O3S.C7H8.C3H6/c1-11(2)7-16-17(12-3-4-13(20)14(21)8-12)22-19(28-16)23-5-6-24(10-25)15(9-23)18(26)27;1-7-5-3-2-4-6-7;1-3-2/h3-4,8,10-11,15H,5-7,9H2,1-2H3,(H,26,27);2-6H,1H3;3H,1H2,2H3. The molecular weight excluding hydrogens is 541 g/mol. The number of aliphatic carboxylic acids is 1. The highest BCUT2D eigenvalue weighted by atomic mass is 35.5. The topological polar surface area (TPSA) is 73.7 Å². The van der Waals surface area contributed by atoms with Crippen LogP contribution in [0.3, 0.4) is 0 Å². The second-order valence-corrected chi connectivity index (χ2v) is 11.1. The number of anilines is 1. The molecule has 0 aliphatic carbocycles. The van der Waals surface area contributed by atoms with Gasteiger partial charge in [0.05, 0.1) is 22.3 Å². The van der Waals surface area contributed by atoms with Crippen LogP contribution in [0.1, 0.15) is 31.2 Å². The normalized spacial score (nSPS) is 14.7. The molecule has 0 radical (unpaired) electrons. The van der Waals surface area contributed by atoms with Crippen molar-refractivity contribution < 1.29 is 14.7 Å². The summed E-state index contributed by atoms with van der Waals surface area (Å²) >= 11 is 13.8. The van der Waals surface area contributed by atoms with Gasteiger partial charge in [0, 0.05) is 23.5 Å². The minimum Gasteiger partial charge on any atom is -0.480 e. The third kappa shape index (κ3) is 9.15. The molecule has 2 aromatic carbocycles. The van der Waals surface area contributed by atoms with Crippen molar-refractivity contribution in [3.05, 3.63) is 81.7 Å². The summed E-state index contributed by atoms with van der Waals surface area (Å²) < 4.78 is 0. The number of carbonyl (C=O) groups is 2. The maximum Gasteiger partial charge on any atom is 0.328 e. The first-order valence-corrected chi connectivity index (χ1v) is 13.9. The number of rotatable bonds is 6. The summed E-state index contributed by atoms with van der Waals surface area (Å²) in [6, 6.07) is 14.8. The lowest BCUT2D eigenvalue weighted by Crippen LogP contribution is -2.56. The molecule has 1 aliphatic rings. The summed E-state index contributed by atoms with van der Waals surface area (Å²) in [6.07, 6.45) is 3.20. The molecule has 38 heavy (non-hydrogen) atoms. The van der Waals surface area contributed by atoms with Gasteiger partial charge in [-0.1, -0.05) is 85.1 Å². The van der Waals surface area contributed by atoms with Crippen molar-refractivity contribution in [2.45, 2.75) is 40.2 Å². The van der Waals surface area contributed by atoms with Crippen molar-refractivity contribution in [2.24, 2.45) is 5.92 Å². The molecule has 1 N–H and O–H groups in total. The maximum atomic E-state index is 11.5. The number of hydrogen-bond acceptors (Lipinski definition) is 5. The van der Waals surface area contributed by atoms with Gasteiger partial charge in [0.25, 0.3) is 0 Å². The summed E-state index contributed by atoms with van der Waals surface area (Å²) in [4.78, 5) is 31.9. The Hall–Kier alpha value is -2.87. The van der Waals surface area contributed by atoms with Crippen LogP contribution < -0.4 is 4.90 Å². The number of amides is 1. The van der Waals surface area contributed by atoms with Gasteiger partial charge in [0.15, 0.2) is 5.13 Å². The fourth-order valence-corrected chi connectivity index (χ4v) is 5.33. The van der Waals surface area contributed by atoms with Crippen molar-refractivity contribution in [3.63, 3.8) is 0 Å². The number of piperazine rings is 1. The van der Waals surface area contributed by atoms with Gasteiger partial charge >= 0.3 is 5.97 Å². The number of nitrogens with zero attached hydrogens (tertiary/aromatic N) is 3. The number of aromatic nitrogens is 1. The average molecular weight is 577 g/mol. The van der Waals surface area contributed by atoms with Gasteiger partial charge in [0.2, 0.25) is 6.41 Å². The van der Waals surface area contributed by atoms with Crippen LogP contribution >= 0.6 is 34.5 Å². The number of halogens is 2. The van der Waals surface area contributed by atoms with Crippen LogP contribution in [0.4, 0.5) is 5.13 Å². The fourth-order valence-electron chi connectivity index (χ4n) is 3.70. The van der Waals surface area contributed by atoms with Crippen LogP contribution in [0.15, 0.2) is 61.2 Å². The van der Waals surface area contributed by atoms with E-state index in [1.165, 1.54) is 10.5 Å². The van der Waals surface area contributed by atoms with Gasteiger partial charge in [-0.05, 0) is 38.3 Å². The van der Waals surface area contributed by atoms with Gasteiger partial charge in [-0.3, -0.25) is 4.79 Å². The summed E-state index contributed by atoms with van der Waals surface area (Å²) in [5.41, 5.74) is 3.05. The smallest absolute Gasteiger partial charge is 0.328 e. The largest absolute Gasteiger partial charge is 0.480 e. The van der Waals surface area contributed by atoms with E-state index >= 15 is 0 Å². The van der Waals surface area contributed by atoms with Crippen molar-refractivity contribution in [3.8, 4) is 11.3 Å². The molecule has 6 nitrogen and oxygen atoms in total. The number of carbonyl (C=O) groups excluding carboxylic acids is 1. The lowest BCUT2D eigenvalue weighted by atomic mass is 10.0. The molecule has 1 aliphatic heterocycles. The highest BCUT2D eigenvalue weighted by molar-refractivity contribution is 7.16. The summed E-state index contributed by atoms with van der Waals surface area (Å²) in [5, 5.41) is 11.2. The van der Waals surface area contributed by atoms with Gasteiger partial charge in [-0.25, -0.2) is 9.78 Å². The van der Waals surface area contributed by atoms with Gasteiger partial charge in [0.1, 0.15) is 6.04 Å². The van der Waals surface area contributed by atoms with E-state index in [9.17, 15) is 14.7 Å². The second-order valence-electron chi connectivity index (χ2n) is 9.20. The Morgan fingerprint density at radius 2 is 1.84 bits per heavy atom. The number of aryl methyl sites for hydroxylation is 1. The third-order valence-corrected chi connectivity index (χ3v) is 7.40. The molecule has 0 saturated carbocycles. The first-order valence-electron chi connectivity index (χ1n) is 12.3. The van der Waals surface area contributed by atoms with Gasteiger partial charge in [-0.15, -0.1) is 17.9 Å². The van der Waals surface area contributed by atoms with E-state index < -0.39 is 12.0 Å². The Morgan fingerprint density at radius 3 is 2.34 bits per heavy atom. The zero-order chi connectivity index (χ0) is 28.2. The molecule has 0 spiro atoms. The highest BCUT2D eigenvalue weighted by Crippen LogP contribution is 2.37. The first-order chi connectivity index (χ1) is 18.1. The molecule has 204 valence electrons. The lowest BCUT2D eigenvalue weighted by Gasteiger charge is -2.37. The van der Waals surface area contributed by atoms with E-state index in [0.29, 0.717) is 35.5 Å². The molecule has 1 unspecified atom stereocenters. The minimum atomic E-state index is -1.01. The molecule has 9 heteroatoms. The van der Waals surface area contributed by atoms with Crippen LogP contribution in [0.2, 0.25) is 10.0 Å². The Kier molecular flexibility index (Phi) is 12.8. The predicted molar refractivity (Wildman–Crippen MR) is 160 cm³/mol. The molecular formula is C29H35Cl2N3O3S. The Bertz CT molecular complexity index is 1200. The summed E-state index contributed by atoms with van der Waals surface area (Å²) in [6.45, 7) is 12.7. The lowest BCUT2D eigenvalue weighted by molar-refractivity contribution is -0.146. The van der Waals surface area contributed by atoms with Crippen molar-refractivity contribution in [1.29, 1.82) is 0 Å². The van der Waals surface area contributed by atoms with Crippen LogP contribution in [0, 0.1) is 12.8 Å². The number of hydrogen-bond donors (Lipinski definition) is 1. The number of carboxylic acid groups (broad SMARTS) is 1. The Morgan fingerprint density at radius 1 is 1.18 bits per heavy atom. The summed E-state index contributed by atoms with van der Waals surface area (Å²) in [5.74, 6) is -0.575. The molecule has 2 heterocycles.